The average Bonchev–Trinajstić information content (AvgIpc) is 2.19. The zero-order valence-electron chi connectivity index (χ0n) is 10.5. The Kier molecular flexibility index (Phi) is 11.2. The first-order valence-corrected chi connectivity index (χ1v) is 6.36. The molecule has 2 N–H and O–H groups in total. The summed E-state index contributed by atoms with van der Waals surface area (Å²) < 4.78 is 22.8. The first-order chi connectivity index (χ1) is 7.36. The third kappa shape index (κ3) is 7.92. The monoisotopic (exact) mass is 253 g/mol. The number of nitrogens with zero attached hydrogens (tertiary/aromatic N) is 1. The summed E-state index contributed by atoms with van der Waals surface area (Å²) >= 11 is -2.61. The van der Waals surface area contributed by atoms with Gasteiger partial charge in [-0.1, -0.05) is 26.7 Å². The molecule has 0 heterocycles. The van der Waals surface area contributed by atoms with Gasteiger partial charge in [0.25, 0.3) is 11.4 Å². The Morgan fingerprint density at radius 1 is 1.31 bits per heavy atom. The maximum absolute atomic E-state index is 11.0. The lowest BCUT2D eigenvalue weighted by atomic mass is 9.90. The Labute approximate surface area is 100 Å². The van der Waals surface area contributed by atoms with Crippen LogP contribution in [0.2, 0.25) is 0 Å². The highest BCUT2D eigenvalue weighted by atomic mass is 32.2. The molecule has 0 bridgehead atoms. The van der Waals surface area contributed by atoms with E-state index in [-0.39, 0.29) is 5.54 Å². The van der Waals surface area contributed by atoms with E-state index in [4.69, 9.17) is 13.3 Å². The number of hydrogen-bond acceptors (Lipinski definition) is 3. The van der Waals surface area contributed by atoms with Crippen molar-refractivity contribution in [2.45, 2.75) is 45.1 Å². The van der Waals surface area contributed by atoms with E-state index in [2.05, 4.69) is 13.8 Å². The third-order valence-corrected chi connectivity index (χ3v) is 2.69. The van der Waals surface area contributed by atoms with Crippen molar-refractivity contribution < 1.29 is 18.1 Å². The van der Waals surface area contributed by atoms with E-state index in [0.29, 0.717) is 0 Å². The standard InChI is InChI=1S/C10H21NO.H2O3S/c1-5-7-8-10(6-2,9-12)11(3)4;1-4(2)3/h9H,5-8H2,1-4H3;(H2,1,2,3). The molecule has 5 nitrogen and oxygen atoms in total. The van der Waals surface area contributed by atoms with Gasteiger partial charge in [0.2, 0.25) is 0 Å². The summed E-state index contributed by atoms with van der Waals surface area (Å²) in [6.07, 6.45) is 5.27. The molecule has 0 saturated carbocycles. The van der Waals surface area contributed by atoms with Crippen LogP contribution >= 0.6 is 0 Å². The fraction of sp³-hybridized carbons (Fsp3) is 0.900. The molecule has 0 aliphatic carbocycles. The first kappa shape index (κ1) is 18.1. The molecule has 0 amide bonds. The summed E-state index contributed by atoms with van der Waals surface area (Å²) in [5.74, 6) is 0. The predicted octanol–water partition coefficient (Wildman–Crippen LogP) is 1.77. The van der Waals surface area contributed by atoms with Gasteiger partial charge in [0.05, 0.1) is 5.54 Å². The topological polar surface area (TPSA) is 77.8 Å². The van der Waals surface area contributed by atoms with Gasteiger partial charge in [-0.15, -0.1) is 0 Å². The predicted molar refractivity (Wildman–Crippen MR) is 65.7 cm³/mol. The molecule has 0 aliphatic heterocycles. The van der Waals surface area contributed by atoms with Crippen molar-refractivity contribution in [3.05, 3.63) is 0 Å². The number of carbonyl (C=O) groups excluding carboxylic acids is 1. The second-order valence-corrected chi connectivity index (χ2v) is 4.27. The maximum Gasteiger partial charge on any atom is 0.299 e. The Balaban J connectivity index is 0. The fourth-order valence-electron chi connectivity index (χ4n) is 1.45. The van der Waals surface area contributed by atoms with Crippen LogP contribution < -0.4 is 0 Å². The average molecular weight is 253 g/mol. The van der Waals surface area contributed by atoms with Crippen LogP contribution in [0.15, 0.2) is 0 Å². The Hall–Kier alpha value is -0.300. The molecule has 0 aromatic carbocycles. The Morgan fingerprint density at radius 3 is 1.94 bits per heavy atom. The number of rotatable bonds is 6. The molecule has 6 heteroatoms. The van der Waals surface area contributed by atoms with E-state index in [1.165, 1.54) is 0 Å². The van der Waals surface area contributed by atoms with E-state index < -0.39 is 11.4 Å². The van der Waals surface area contributed by atoms with Crippen LogP contribution in [0.5, 0.6) is 0 Å². The van der Waals surface area contributed by atoms with Crippen molar-refractivity contribution in [1.82, 2.24) is 4.90 Å². The number of likely N-dealkylation sites (N-methyl/N-ethyl adjacent to an activating group) is 1. The highest BCUT2D eigenvalue weighted by Crippen LogP contribution is 2.21. The minimum Gasteiger partial charge on any atom is -0.301 e. The molecule has 0 aromatic rings. The largest absolute Gasteiger partial charge is 0.301 e. The number of aldehydes is 1. The van der Waals surface area contributed by atoms with Crippen LogP contribution in [0.25, 0.3) is 0 Å². The lowest BCUT2D eigenvalue weighted by molar-refractivity contribution is -0.117. The smallest absolute Gasteiger partial charge is 0.299 e. The molecule has 16 heavy (non-hydrogen) atoms. The van der Waals surface area contributed by atoms with Gasteiger partial charge in [0.15, 0.2) is 0 Å². The number of unbranched alkanes of at least 4 members (excludes halogenated alkanes) is 1. The quantitative estimate of drug-likeness (QED) is 0.557. The van der Waals surface area contributed by atoms with Crippen LogP contribution in [0.3, 0.4) is 0 Å². The zero-order chi connectivity index (χ0) is 13.2. The Bertz CT molecular complexity index is 207. The minimum atomic E-state index is -2.61. The molecule has 1 unspecified atom stereocenters. The minimum absolute atomic E-state index is 0.212. The summed E-state index contributed by atoms with van der Waals surface area (Å²) in [6.45, 7) is 4.23. The van der Waals surface area contributed by atoms with E-state index in [1.54, 1.807) is 0 Å². The van der Waals surface area contributed by atoms with Crippen molar-refractivity contribution >= 4 is 17.6 Å². The molecule has 0 saturated heterocycles. The van der Waals surface area contributed by atoms with Gasteiger partial charge < -0.3 is 4.79 Å². The van der Waals surface area contributed by atoms with Crippen molar-refractivity contribution in [3.63, 3.8) is 0 Å². The highest BCUT2D eigenvalue weighted by Gasteiger charge is 2.28. The van der Waals surface area contributed by atoms with Crippen LogP contribution in [0, 0.1) is 0 Å². The molecule has 0 spiro atoms. The second kappa shape index (κ2) is 9.89. The van der Waals surface area contributed by atoms with Gasteiger partial charge in [0.1, 0.15) is 6.29 Å². The SMILES string of the molecule is CCCCC(C=O)(CC)N(C)C.O=S(O)O. The molecule has 0 aliphatic rings. The van der Waals surface area contributed by atoms with E-state index in [1.807, 2.05) is 19.0 Å². The van der Waals surface area contributed by atoms with Gasteiger partial charge >= 0.3 is 0 Å². The summed E-state index contributed by atoms with van der Waals surface area (Å²) in [7, 11) is 3.96. The lowest BCUT2D eigenvalue weighted by Crippen LogP contribution is -2.45. The summed E-state index contributed by atoms with van der Waals surface area (Å²) in [5, 5.41) is 0. The van der Waals surface area contributed by atoms with Gasteiger partial charge in [-0.05, 0) is 26.9 Å². The number of hydrogen-bond donors (Lipinski definition) is 2. The molecule has 0 rings (SSSR count). The molecule has 0 fully saturated rings. The molecule has 98 valence electrons. The highest BCUT2D eigenvalue weighted by molar-refractivity contribution is 7.73. The lowest BCUT2D eigenvalue weighted by Gasteiger charge is -2.33. The van der Waals surface area contributed by atoms with Gasteiger partial charge in [-0.3, -0.25) is 14.0 Å². The van der Waals surface area contributed by atoms with E-state index in [9.17, 15) is 4.79 Å². The van der Waals surface area contributed by atoms with Crippen molar-refractivity contribution in [3.8, 4) is 0 Å². The van der Waals surface area contributed by atoms with E-state index in [0.717, 1.165) is 32.0 Å². The fourth-order valence-corrected chi connectivity index (χ4v) is 1.45. The van der Waals surface area contributed by atoms with Crippen LogP contribution in [0.4, 0.5) is 0 Å². The summed E-state index contributed by atoms with van der Waals surface area (Å²) in [6, 6.07) is 0. The first-order valence-electron chi connectivity index (χ1n) is 5.30. The molecular formula is C10H23NO4S. The number of carbonyl (C=O) groups is 1. The third-order valence-electron chi connectivity index (χ3n) is 2.69. The summed E-state index contributed by atoms with van der Waals surface area (Å²) in [5.41, 5.74) is -0.212. The molecule has 1 atom stereocenters. The van der Waals surface area contributed by atoms with Gasteiger partial charge in [-0.2, -0.15) is 4.21 Å². The maximum atomic E-state index is 11.0. The van der Waals surface area contributed by atoms with Gasteiger partial charge in [0, 0.05) is 0 Å². The van der Waals surface area contributed by atoms with Crippen molar-refractivity contribution in [2.24, 2.45) is 0 Å². The van der Waals surface area contributed by atoms with Crippen LogP contribution in [-0.2, 0) is 16.2 Å². The normalized spacial score (nSPS) is 14.2. The van der Waals surface area contributed by atoms with Crippen molar-refractivity contribution in [2.75, 3.05) is 14.1 Å². The second-order valence-electron chi connectivity index (χ2n) is 3.80. The Morgan fingerprint density at radius 2 is 1.75 bits per heavy atom. The van der Waals surface area contributed by atoms with Crippen molar-refractivity contribution in [1.29, 1.82) is 0 Å². The van der Waals surface area contributed by atoms with E-state index >= 15 is 0 Å². The van der Waals surface area contributed by atoms with Crippen LogP contribution in [0.1, 0.15) is 39.5 Å². The van der Waals surface area contributed by atoms with Crippen LogP contribution in [-0.4, -0.2) is 44.1 Å². The molecule has 0 aromatic heterocycles. The van der Waals surface area contributed by atoms with Gasteiger partial charge in [-0.25, -0.2) is 0 Å². The summed E-state index contributed by atoms with van der Waals surface area (Å²) in [4.78, 5) is 13.0. The molecular weight excluding hydrogens is 230 g/mol. The zero-order valence-corrected chi connectivity index (χ0v) is 11.3. The molecule has 0 radical (unpaired) electrons.